The van der Waals surface area contributed by atoms with Gasteiger partial charge in [-0.2, -0.15) is 0 Å². The van der Waals surface area contributed by atoms with Gasteiger partial charge in [0.2, 0.25) is 5.91 Å². The summed E-state index contributed by atoms with van der Waals surface area (Å²) in [5.74, 6) is 0.873. The van der Waals surface area contributed by atoms with E-state index in [2.05, 4.69) is 13.8 Å². The highest BCUT2D eigenvalue weighted by molar-refractivity contribution is 5.85. The fourth-order valence-corrected chi connectivity index (χ4v) is 2.63. The number of hydrogen-bond donors (Lipinski definition) is 1. The number of carbonyl (C=O) groups is 1. The van der Waals surface area contributed by atoms with Gasteiger partial charge in [0.15, 0.2) is 0 Å². The van der Waals surface area contributed by atoms with Crippen molar-refractivity contribution in [1.29, 1.82) is 0 Å². The van der Waals surface area contributed by atoms with Gasteiger partial charge in [-0.3, -0.25) is 4.79 Å². The van der Waals surface area contributed by atoms with E-state index >= 15 is 0 Å². The monoisotopic (exact) mass is 262 g/mol. The molecule has 1 rings (SSSR count). The maximum atomic E-state index is 12.0. The number of nitrogens with two attached hydrogens (primary N) is 1. The Bertz CT molecular complexity index is 235. The minimum absolute atomic E-state index is 0. The lowest BCUT2D eigenvalue weighted by molar-refractivity contribution is -0.134. The lowest BCUT2D eigenvalue weighted by Crippen LogP contribution is -2.47. The second-order valence-electron chi connectivity index (χ2n) is 5.27. The first-order valence-electron chi connectivity index (χ1n) is 6.58. The zero-order valence-corrected chi connectivity index (χ0v) is 12.1. The molecule has 1 saturated carbocycles. The molecule has 1 aliphatic carbocycles. The Morgan fingerprint density at radius 1 is 1.47 bits per heavy atom. The van der Waals surface area contributed by atoms with Crippen molar-refractivity contribution in [2.45, 2.75) is 64.5 Å². The van der Waals surface area contributed by atoms with Gasteiger partial charge in [0.05, 0.1) is 6.04 Å². The molecule has 4 heteroatoms. The van der Waals surface area contributed by atoms with Crippen molar-refractivity contribution in [3.8, 4) is 0 Å². The third-order valence-corrected chi connectivity index (χ3v) is 3.72. The summed E-state index contributed by atoms with van der Waals surface area (Å²) in [6.45, 7) is 4.34. The summed E-state index contributed by atoms with van der Waals surface area (Å²) in [7, 11) is 1.92. The van der Waals surface area contributed by atoms with Crippen LogP contribution in [-0.2, 0) is 4.79 Å². The third kappa shape index (κ3) is 4.84. The van der Waals surface area contributed by atoms with Crippen molar-refractivity contribution in [2.75, 3.05) is 7.05 Å². The summed E-state index contributed by atoms with van der Waals surface area (Å²) in [5.41, 5.74) is 5.88. The first kappa shape index (κ1) is 16.7. The number of hydrogen-bond acceptors (Lipinski definition) is 2. The smallest absolute Gasteiger partial charge is 0.239 e. The number of amides is 1. The molecule has 102 valence electrons. The molecule has 3 nitrogen and oxygen atoms in total. The summed E-state index contributed by atoms with van der Waals surface area (Å²) in [6.07, 6.45) is 6.60. The van der Waals surface area contributed by atoms with E-state index in [4.69, 9.17) is 5.73 Å². The molecular formula is C13H27ClN2O. The fraction of sp³-hybridized carbons (Fsp3) is 0.923. The molecule has 0 aromatic rings. The molecule has 1 aliphatic rings. The summed E-state index contributed by atoms with van der Waals surface area (Å²) in [6, 6.07) is 0.117. The first-order valence-corrected chi connectivity index (χ1v) is 6.58. The molecule has 0 saturated heterocycles. The molecule has 3 atom stereocenters. The normalized spacial score (nSPS) is 25.9. The van der Waals surface area contributed by atoms with Gasteiger partial charge < -0.3 is 10.6 Å². The van der Waals surface area contributed by atoms with Gasteiger partial charge in [-0.05, 0) is 25.2 Å². The van der Waals surface area contributed by atoms with Gasteiger partial charge in [-0.15, -0.1) is 12.4 Å². The number of likely N-dealkylation sites (N-methyl/N-ethyl adjacent to an activating group) is 1. The Hall–Kier alpha value is -0.280. The fourth-order valence-electron chi connectivity index (χ4n) is 2.63. The van der Waals surface area contributed by atoms with Crippen LogP contribution in [0.2, 0.25) is 0 Å². The zero-order chi connectivity index (χ0) is 12.1. The SMILES string of the molecule is CCCC(N)C(=O)N(C)C1CCCC(C)C1.Cl. The lowest BCUT2D eigenvalue weighted by atomic mass is 9.86. The van der Waals surface area contributed by atoms with Crippen LogP contribution in [0.4, 0.5) is 0 Å². The average molecular weight is 263 g/mol. The number of nitrogens with zero attached hydrogens (tertiary/aromatic N) is 1. The van der Waals surface area contributed by atoms with Crippen LogP contribution in [0.15, 0.2) is 0 Å². The van der Waals surface area contributed by atoms with Crippen molar-refractivity contribution >= 4 is 18.3 Å². The Morgan fingerprint density at radius 2 is 2.12 bits per heavy atom. The summed E-state index contributed by atoms with van der Waals surface area (Å²) < 4.78 is 0. The molecule has 0 radical (unpaired) electrons. The van der Waals surface area contributed by atoms with Gasteiger partial charge in [0.1, 0.15) is 0 Å². The van der Waals surface area contributed by atoms with Crippen molar-refractivity contribution in [1.82, 2.24) is 4.90 Å². The average Bonchev–Trinajstić information content (AvgIpc) is 2.27. The molecule has 3 unspecified atom stereocenters. The Kier molecular flexibility index (Phi) is 7.80. The highest BCUT2D eigenvalue weighted by Gasteiger charge is 2.27. The van der Waals surface area contributed by atoms with E-state index in [0.717, 1.165) is 31.6 Å². The molecule has 1 fully saturated rings. The van der Waals surface area contributed by atoms with Gasteiger partial charge in [0, 0.05) is 13.1 Å². The summed E-state index contributed by atoms with van der Waals surface area (Å²) in [4.78, 5) is 13.9. The van der Waals surface area contributed by atoms with Crippen molar-refractivity contribution in [3.63, 3.8) is 0 Å². The molecule has 0 aliphatic heterocycles. The standard InChI is InChI=1S/C13H26N2O.ClH/c1-4-6-12(14)13(16)15(3)11-8-5-7-10(2)9-11;/h10-12H,4-9,14H2,1-3H3;1H. The van der Waals surface area contributed by atoms with Crippen molar-refractivity contribution < 1.29 is 4.79 Å². The predicted octanol–water partition coefficient (Wildman–Crippen LogP) is 2.57. The maximum absolute atomic E-state index is 12.0. The van der Waals surface area contributed by atoms with E-state index in [-0.39, 0.29) is 24.4 Å². The van der Waals surface area contributed by atoms with E-state index < -0.39 is 0 Å². The van der Waals surface area contributed by atoms with Crippen molar-refractivity contribution in [3.05, 3.63) is 0 Å². The van der Waals surface area contributed by atoms with Crippen LogP contribution in [0.3, 0.4) is 0 Å². The van der Waals surface area contributed by atoms with E-state index in [1.807, 2.05) is 11.9 Å². The van der Waals surface area contributed by atoms with Crippen LogP contribution < -0.4 is 5.73 Å². The Balaban J connectivity index is 0.00000256. The maximum Gasteiger partial charge on any atom is 0.239 e. The quantitative estimate of drug-likeness (QED) is 0.847. The molecule has 0 spiro atoms. The van der Waals surface area contributed by atoms with Gasteiger partial charge in [0.25, 0.3) is 0 Å². The van der Waals surface area contributed by atoms with E-state index in [1.165, 1.54) is 12.8 Å². The molecule has 0 aromatic heterocycles. The second kappa shape index (κ2) is 7.93. The molecular weight excluding hydrogens is 236 g/mol. The van der Waals surface area contributed by atoms with Crippen molar-refractivity contribution in [2.24, 2.45) is 11.7 Å². The molecule has 0 bridgehead atoms. The van der Waals surface area contributed by atoms with Gasteiger partial charge in [-0.1, -0.05) is 33.1 Å². The van der Waals surface area contributed by atoms with Crippen LogP contribution >= 0.6 is 12.4 Å². The van der Waals surface area contributed by atoms with E-state index in [9.17, 15) is 4.79 Å². The van der Waals surface area contributed by atoms with Gasteiger partial charge >= 0.3 is 0 Å². The predicted molar refractivity (Wildman–Crippen MR) is 74.3 cm³/mol. The summed E-state index contributed by atoms with van der Waals surface area (Å²) in [5, 5.41) is 0. The second-order valence-corrected chi connectivity index (χ2v) is 5.27. The zero-order valence-electron chi connectivity index (χ0n) is 11.3. The van der Waals surface area contributed by atoms with E-state index in [1.54, 1.807) is 0 Å². The van der Waals surface area contributed by atoms with Crippen LogP contribution in [-0.4, -0.2) is 29.9 Å². The number of halogens is 1. The van der Waals surface area contributed by atoms with Crippen LogP contribution in [0.5, 0.6) is 0 Å². The van der Waals surface area contributed by atoms with Gasteiger partial charge in [-0.25, -0.2) is 0 Å². The number of carbonyl (C=O) groups excluding carboxylic acids is 1. The molecule has 17 heavy (non-hydrogen) atoms. The Morgan fingerprint density at radius 3 is 2.65 bits per heavy atom. The lowest BCUT2D eigenvalue weighted by Gasteiger charge is -2.35. The van der Waals surface area contributed by atoms with E-state index in [0.29, 0.717) is 6.04 Å². The highest BCUT2D eigenvalue weighted by atomic mass is 35.5. The van der Waals surface area contributed by atoms with Crippen LogP contribution in [0.1, 0.15) is 52.4 Å². The van der Waals surface area contributed by atoms with Crippen LogP contribution in [0.25, 0.3) is 0 Å². The minimum atomic E-state index is -0.299. The minimum Gasteiger partial charge on any atom is -0.341 e. The third-order valence-electron chi connectivity index (χ3n) is 3.72. The number of rotatable bonds is 4. The first-order chi connectivity index (χ1) is 7.56. The van der Waals surface area contributed by atoms with Crippen LogP contribution in [0, 0.1) is 5.92 Å². The largest absolute Gasteiger partial charge is 0.341 e. The molecule has 0 aromatic carbocycles. The molecule has 2 N–H and O–H groups in total. The highest BCUT2D eigenvalue weighted by Crippen LogP contribution is 2.26. The molecule has 0 heterocycles. The summed E-state index contributed by atoms with van der Waals surface area (Å²) >= 11 is 0. The topological polar surface area (TPSA) is 46.3 Å². The Labute approximate surface area is 112 Å². The molecule has 1 amide bonds.